The topological polar surface area (TPSA) is 122 Å². The Morgan fingerprint density at radius 2 is 1.58 bits per heavy atom. The van der Waals surface area contributed by atoms with Crippen LogP contribution in [0.3, 0.4) is 0 Å². The molecule has 1 saturated heterocycles. The summed E-state index contributed by atoms with van der Waals surface area (Å²) >= 11 is 1.72. The van der Waals surface area contributed by atoms with Gasteiger partial charge in [0.25, 0.3) is 5.56 Å². The van der Waals surface area contributed by atoms with E-state index in [1.165, 1.54) is 6.33 Å². The number of carbonyl (C=O) groups is 1. The maximum atomic E-state index is 12.7. The lowest BCUT2D eigenvalue weighted by Crippen LogP contribution is -2.31. The molecule has 1 fully saturated rings. The van der Waals surface area contributed by atoms with E-state index in [2.05, 4.69) is 56.7 Å². The van der Waals surface area contributed by atoms with Gasteiger partial charge in [-0.2, -0.15) is 4.98 Å². The highest BCUT2D eigenvalue weighted by molar-refractivity contribution is 8.00. The Labute approximate surface area is 253 Å². The van der Waals surface area contributed by atoms with E-state index >= 15 is 0 Å². The second kappa shape index (κ2) is 12.2. The Balaban J connectivity index is 1.31. The van der Waals surface area contributed by atoms with Crippen LogP contribution in [0.5, 0.6) is 0 Å². The fraction of sp³-hybridized carbons (Fsp3) is 0.273. The van der Waals surface area contributed by atoms with Crippen LogP contribution in [-0.4, -0.2) is 48.5 Å². The third kappa shape index (κ3) is 5.61. The number of aliphatic hydroxyl groups excluding tert-OH is 1. The summed E-state index contributed by atoms with van der Waals surface area (Å²) in [5.41, 5.74) is 3.33. The van der Waals surface area contributed by atoms with Crippen LogP contribution in [0.25, 0.3) is 11.2 Å². The number of aliphatic hydroxyl groups is 1. The van der Waals surface area contributed by atoms with E-state index in [-0.39, 0.29) is 28.9 Å². The predicted octanol–water partition coefficient (Wildman–Crippen LogP) is 5.09. The standard InChI is InChI=1S/C33H33N5O4S/c1-21(2)30(40)36-32-35-29-28(31(41)37-32)34-20-38(29)27-18-25(39)26(42-27)19-43-33(22-12-6-3-7-13-22,23-14-8-4-9-15-23)24-16-10-5-11-17-24/h3-17,20-21,25-27,39H,18-19H2,1-2H3,(H2,35,36,37,40,41)/t25-,26+,27+/m0/s1. The molecule has 1 aliphatic rings. The first-order valence-electron chi connectivity index (χ1n) is 14.3. The molecular weight excluding hydrogens is 562 g/mol. The number of ether oxygens (including phenoxy) is 1. The number of nitrogens with zero attached hydrogens (tertiary/aromatic N) is 3. The number of imidazole rings is 1. The molecule has 2 aromatic heterocycles. The smallest absolute Gasteiger partial charge is 0.280 e. The highest BCUT2D eigenvalue weighted by Gasteiger charge is 2.41. The molecule has 6 rings (SSSR count). The van der Waals surface area contributed by atoms with Gasteiger partial charge in [-0.1, -0.05) is 105 Å². The summed E-state index contributed by atoms with van der Waals surface area (Å²) in [5.74, 6) is -0.0154. The summed E-state index contributed by atoms with van der Waals surface area (Å²) in [5, 5.41) is 13.9. The minimum absolute atomic E-state index is 0.0435. The zero-order chi connectivity index (χ0) is 30.0. The average Bonchev–Trinajstić information content (AvgIpc) is 3.62. The van der Waals surface area contributed by atoms with Crippen molar-refractivity contribution in [2.45, 2.75) is 43.5 Å². The molecule has 0 aliphatic carbocycles. The van der Waals surface area contributed by atoms with Gasteiger partial charge >= 0.3 is 0 Å². The molecule has 1 amide bonds. The largest absolute Gasteiger partial charge is 0.390 e. The Morgan fingerprint density at radius 1 is 1.02 bits per heavy atom. The van der Waals surface area contributed by atoms with Crippen LogP contribution in [0.4, 0.5) is 5.95 Å². The number of hydrogen-bond acceptors (Lipinski definition) is 7. The molecule has 0 spiro atoms. The lowest BCUT2D eigenvalue weighted by Gasteiger charge is -2.36. The van der Waals surface area contributed by atoms with Gasteiger partial charge in [0.15, 0.2) is 11.2 Å². The molecular formula is C33H33N5O4S. The zero-order valence-corrected chi connectivity index (χ0v) is 24.7. The Kier molecular flexibility index (Phi) is 8.16. The summed E-state index contributed by atoms with van der Waals surface area (Å²) in [6.07, 6.45) is -0.0421. The Bertz CT molecular complexity index is 1660. The maximum Gasteiger partial charge on any atom is 0.280 e. The number of H-pyrrole nitrogens is 1. The summed E-state index contributed by atoms with van der Waals surface area (Å²) in [6.45, 7) is 3.51. The van der Waals surface area contributed by atoms with Gasteiger partial charge in [0.1, 0.15) is 6.23 Å². The number of anilines is 1. The second-order valence-corrected chi connectivity index (χ2v) is 12.1. The second-order valence-electron chi connectivity index (χ2n) is 10.9. The molecule has 3 heterocycles. The van der Waals surface area contributed by atoms with Gasteiger partial charge in [0.2, 0.25) is 11.9 Å². The quantitative estimate of drug-likeness (QED) is 0.203. The fourth-order valence-electron chi connectivity index (χ4n) is 5.47. The Morgan fingerprint density at radius 3 is 2.12 bits per heavy atom. The number of nitrogens with one attached hydrogen (secondary N) is 2. The monoisotopic (exact) mass is 595 g/mol. The van der Waals surface area contributed by atoms with Crippen LogP contribution >= 0.6 is 11.8 Å². The zero-order valence-electron chi connectivity index (χ0n) is 23.9. The van der Waals surface area contributed by atoms with E-state index in [1.807, 2.05) is 54.6 Å². The normalized spacial score (nSPS) is 18.7. The maximum absolute atomic E-state index is 12.7. The number of thioether (sulfide) groups is 1. The number of carbonyl (C=O) groups excluding carboxylic acids is 1. The highest BCUT2D eigenvalue weighted by atomic mass is 32.2. The van der Waals surface area contributed by atoms with Gasteiger partial charge in [-0.05, 0) is 16.7 Å². The van der Waals surface area contributed by atoms with Crippen molar-refractivity contribution >= 4 is 34.8 Å². The van der Waals surface area contributed by atoms with E-state index in [0.29, 0.717) is 12.2 Å². The molecule has 3 atom stereocenters. The number of fused-ring (bicyclic) bond motifs is 1. The van der Waals surface area contributed by atoms with E-state index in [4.69, 9.17) is 4.74 Å². The van der Waals surface area contributed by atoms with Crippen LogP contribution < -0.4 is 10.9 Å². The molecule has 1 aliphatic heterocycles. The fourth-order valence-corrected chi connectivity index (χ4v) is 7.09. The van der Waals surface area contributed by atoms with Crippen molar-refractivity contribution in [3.63, 3.8) is 0 Å². The molecule has 220 valence electrons. The summed E-state index contributed by atoms with van der Waals surface area (Å²) in [7, 11) is 0. The minimum atomic E-state index is -0.753. The molecule has 3 N–H and O–H groups in total. The van der Waals surface area contributed by atoms with E-state index < -0.39 is 28.7 Å². The number of aromatic amines is 1. The van der Waals surface area contributed by atoms with Crippen molar-refractivity contribution in [3.8, 4) is 0 Å². The van der Waals surface area contributed by atoms with Crippen LogP contribution in [0, 0.1) is 5.92 Å². The first-order valence-corrected chi connectivity index (χ1v) is 15.3. The minimum Gasteiger partial charge on any atom is -0.390 e. The number of benzene rings is 3. The molecule has 43 heavy (non-hydrogen) atoms. The summed E-state index contributed by atoms with van der Waals surface area (Å²) in [6, 6.07) is 31.1. The van der Waals surface area contributed by atoms with Crippen LogP contribution in [-0.2, 0) is 14.3 Å². The van der Waals surface area contributed by atoms with Gasteiger partial charge in [-0.25, -0.2) is 4.98 Å². The van der Waals surface area contributed by atoms with Crippen molar-refractivity contribution in [2.24, 2.45) is 5.92 Å². The third-order valence-electron chi connectivity index (χ3n) is 7.72. The SMILES string of the molecule is CC(C)C(=O)Nc1nc2c(ncn2[C@H]2C[C@H](O)[C@@H](CSC(c3ccccc3)(c3ccccc3)c3ccccc3)O2)c(=O)[nH]1. The number of hydrogen-bond donors (Lipinski definition) is 3. The molecule has 0 unspecified atom stereocenters. The number of rotatable bonds is 9. The first-order chi connectivity index (χ1) is 20.9. The van der Waals surface area contributed by atoms with E-state index in [1.54, 1.807) is 30.2 Å². The Hall–Kier alpha value is -4.25. The third-order valence-corrected chi connectivity index (χ3v) is 9.35. The molecule has 9 nitrogen and oxygen atoms in total. The van der Waals surface area contributed by atoms with E-state index in [0.717, 1.165) is 16.7 Å². The van der Waals surface area contributed by atoms with Crippen molar-refractivity contribution in [3.05, 3.63) is 124 Å². The van der Waals surface area contributed by atoms with Crippen molar-refractivity contribution in [1.29, 1.82) is 0 Å². The average molecular weight is 596 g/mol. The number of amides is 1. The molecule has 0 radical (unpaired) electrons. The molecule has 0 bridgehead atoms. The molecule has 5 aromatic rings. The van der Waals surface area contributed by atoms with Crippen LogP contribution in [0.2, 0.25) is 0 Å². The van der Waals surface area contributed by atoms with Gasteiger partial charge < -0.3 is 9.84 Å². The molecule has 3 aromatic carbocycles. The summed E-state index contributed by atoms with van der Waals surface area (Å²) in [4.78, 5) is 36.2. The van der Waals surface area contributed by atoms with Gasteiger partial charge in [0.05, 0.1) is 23.3 Å². The molecule has 10 heteroatoms. The van der Waals surface area contributed by atoms with Crippen molar-refractivity contribution in [2.75, 3.05) is 11.1 Å². The van der Waals surface area contributed by atoms with E-state index in [9.17, 15) is 14.7 Å². The summed E-state index contributed by atoms with van der Waals surface area (Å²) < 4.78 is 7.55. The molecule has 0 saturated carbocycles. The predicted molar refractivity (Wildman–Crippen MR) is 168 cm³/mol. The van der Waals surface area contributed by atoms with Crippen LogP contribution in [0.15, 0.2) is 102 Å². The van der Waals surface area contributed by atoms with Gasteiger partial charge in [-0.3, -0.25) is 24.5 Å². The van der Waals surface area contributed by atoms with Crippen LogP contribution in [0.1, 0.15) is 43.2 Å². The highest BCUT2D eigenvalue weighted by Crippen LogP contribution is 2.49. The first kappa shape index (κ1) is 28.9. The lowest BCUT2D eigenvalue weighted by molar-refractivity contribution is -0.118. The van der Waals surface area contributed by atoms with Crippen molar-refractivity contribution < 1.29 is 14.6 Å². The number of aromatic nitrogens is 4. The van der Waals surface area contributed by atoms with Crippen molar-refractivity contribution in [1.82, 2.24) is 19.5 Å². The lowest BCUT2D eigenvalue weighted by atomic mass is 9.84. The van der Waals surface area contributed by atoms with Gasteiger partial charge in [-0.15, -0.1) is 11.8 Å². The van der Waals surface area contributed by atoms with Gasteiger partial charge in [0, 0.05) is 18.1 Å².